The summed E-state index contributed by atoms with van der Waals surface area (Å²) in [6.45, 7) is 6.23. The van der Waals surface area contributed by atoms with E-state index in [-0.39, 0.29) is 18.0 Å². The first-order valence-electron chi connectivity index (χ1n) is 5.39. The highest BCUT2D eigenvalue weighted by molar-refractivity contribution is 7.89. The van der Waals surface area contributed by atoms with Crippen LogP contribution < -0.4 is 4.72 Å². The first kappa shape index (κ1) is 14.8. The van der Waals surface area contributed by atoms with E-state index in [9.17, 15) is 12.8 Å². The summed E-state index contributed by atoms with van der Waals surface area (Å²) in [4.78, 5) is -0.0950. The molecule has 0 unspecified atom stereocenters. The molecule has 0 saturated heterocycles. The molecule has 0 aromatic heterocycles. The smallest absolute Gasteiger partial charge is 0.240 e. The third-order valence-corrected chi connectivity index (χ3v) is 3.45. The number of ether oxygens (including phenoxy) is 1. The number of hydrogen-bond donors (Lipinski definition) is 1. The average molecular weight is 273 g/mol. The number of halogens is 1. The predicted molar refractivity (Wildman–Crippen MR) is 67.2 cm³/mol. The Balaban J connectivity index is 2.48. The Bertz CT molecular complexity index is 514. The third-order valence-electron chi connectivity index (χ3n) is 1.99. The Hall–Kier alpha value is -1.24. The second-order valence-corrected chi connectivity index (χ2v) is 5.63. The van der Waals surface area contributed by atoms with Crippen LogP contribution >= 0.6 is 0 Å². The van der Waals surface area contributed by atoms with Crippen molar-refractivity contribution in [1.82, 2.24) is 4.72 Å². The normalized spacial score (nSPS) is 11.4. The Kier molecular flexibility index (Phi) is 5.46. The number of nitrogens with one attached hydrogen (secondary N) is 1. The standard InChI is InChI=1S/C12H16FNO3S/c1-10(2)9-17-7-6-14-18(15,16)12-5-3-4-11(13)8-12/h3-5,8,14H,1,6-7,9H2,2H3. The van der Waals surface area contributed by atoms with Gasteiger partial charge in [-0.1, -0.05) is 18.2 Å². The summed E-state index contributed by atoms with van der Waals surface area (Å²) in [5.41, 5.74) is 0.864. The van der Waals surface area contributed by atoms with Crippen molar-refractivity contribution in [2.24, 2.45) is 0 Å². The fraction of sp³-hybridized carbons (Fsp3) is 0.333. The van der Waals surface area contributed by atoms with Crippen LogP contribution in [-0.2, 0) is 14.8 Å². The molecule has 0 spiro atoms. The van der Waals surface area contributed by atoms with E-state index in [0.29, 0.717) is 6.61 Å². The fourth-order valence-electron chi connectivity index (χ4n) is 1.21. The molecule has 1 aromatic carbocycles. The third kappa shape index (κ3) is 4.95. The van der Waals surface area contributed by atoms with Crippen LogP contribution in [0.15, 0.2) is 41.3 Å². The van der Waals surface area contributed by atoms with Crippen LogP contribution in [0.2, 0.25) is 0 Å². The molecule has 1 aromatic rings. The maximum atomic E-state index is 12.9. The highest BCUT2D eigenvalue weighted by atomic mass is 32.2. The molecule has 0 saturated carbocycles. The Morgan fingerprint density at radius 3 is 2.83 bits per heavy atom. The van der Waals surface area contributed by atoms with E-state index in [1.807, 2.05) is 6.92 Å². The van der Waals surface area contributed by atoms with Gasteiger partial charge in [0.25, 0.3) is 0 Å². The highest BCUT2D eigenvalue weighted by Crippen LogP contribution is 2.09. The van der Waals surface area contributed by atoms with Crippen molar-refractivity contribution >= 4 is 10.0 Å². The van der Waals surface area contributed by atoms with E-state index >= 15 is 0 Å². The fourth-order valence-corrected chi connectivity index (χ4v) is 2.26. The minimum Gasteiger partial charge on any atom is -0.376 e. The quantitative estimate of drug-likeness (QED) is 0.607. The molecule has 0 aliphatic heterocycles. The summed E-state index contributed by atoms with van der Waals surface area (Å²) in [6.07, 6.45) is 0. The second-order valence-electron chi connectivity index (χ2n) is 3.86. The van der Waals surface area contributed by atoms with Gasteiger partial charge in [-0.15, -0.1) is 0 Å². The molecule has 18 heavy (non-hydrogen) atoms. The van der Waals surface area contributed by atoms with E-state index in [1.165, 1.54) is 18.2 Å². The number of benzene rings is 1. The summed E-state index contributed by atoms with van der Waals surface area (Å²) in [7, 11) is -3.68. The molecule has 100 valence electrons. The minimum atomic E-state index is -3.68. The van der Waals surface area contributed by atoms with Crippen LogP contribution in [0.4, 0.5) is 4.39 Å². The maximum Gasteiger partial charge on any atom is 0.240 e. The Labute approximate surface area is 107 Å². The van der Waals surface area contributed by atoms with Gasteiger partial charge in [-0.2, -0.15) is 0 Å². The number of hydrogen-bond acceptors (Lipinski definition) is 3. The SMILES string of the molecule is C=C(C)COCCNS(=O)(=O)c1cccc(F)c1. The lowest BCUT2D eigenvalue weighted by atomic mass is 10.4. The molecule has 6 heteroatoms. The Morgan fingerprint density at radius 2 is 2.22 bits per heavy atom. The topological polar surface area (TPSA) is 55.4 Å². The van der Waals surface area contributed by atoms with Crippen LogP contribution in [-0.4, -0.2) is 28.2 Å². The lowest BCUT2D eigenvalue weighted by Gasteiger charge is -2.07. The first-order valence-corrected chi connectivity index (χ1v) is 6.87. The van der Waals surface area contributed by atoms with Crippen LogP contribution in [0.3, 0.4) is 0 Å². The highest BCUT2D eigenvalue weighted by Gasteiger charge is 2.13. The van der Waals surface area contributed by atoms with Crippen molar-refractivity contribution in [2.75, 3.05) is 19.8 Å². The van der Waals surface area contributed by atoms with Crippen molar-refractivity contribution in [1.29, 1.82) is 0 Å². The minimum absolute atomic E-state index is 0.0950. The molecule has 0 amide bonds. The lowest BCUT2D eigenvalue weighted by molar-refractivity contribution is 0.162. The van der Waals surface area contributed by atoms with E-state index in [1.54, 1.807) is 0 Å². The van der Waals surface area contributed by atoms with Crippen LogP contribution in [0, 0.1) is 5.82 Å². The van der Waals surface area contributed by atoms with Crippen molar-refractivity contribution in [3.63, 3.8) is 0 Å². The van der Waals surface area contributed by atoms with Gasteiger partial charge in [0.05, 0.1) is 18.1 Å². The second kappa shape index (κ2) is 6.63. The van der Waals surface area contributed by atoms with Gasteiger partial charge in [0.2, 0.25) is 10.0 Å². The molecular weight excluding hydrogens is 257 g/mol. The number of sulfonamides is 1. The van der Waals surface area contributed by atoms with Crippen molar-refractivity contribution in [3.05, 3.63) is 42.2 Å². The molecule has 0 heterocycles. The van der Waals surface area contributed by atoms with Gasteiger partial charge in [0.15, 0.2) is 0 Å². The van der Waals surface area contributed by atoms with E-state index in [0.717, 1.165) is 11.6 Å². The number of rotatable bonds is 7. The summed E-state index contributed by atoms with van der Waals surface area (Å²) < 4.78 is 43.8. The van der Waals surface area contributed by atoms with Crippen LogP contribution in [0.1, 0.15) is 6.92 Å². The summed E-state index contributed by atoms with van der Waals surface area (Å²) in [5.74, 6) is -0.587. The zero-order valence-corrected chi connectivity index (χ0v) is 11.0. The van der Waals surface area contributed by atoms with Gasteiger partial charge < -0.3 is 4.74 Å². The van der Waals surface area contributed by atoms with Crippen LogP contribution in [0.25, 0.3) is 0 Å². The monoisotopic (exact) mass is 273 g/mol. The van der Waals surface area contributed by atoms with Crippen molar-refractivity contribution in [3.8, 4) is 0 Å². The van der Waals surface area contributed by atoms with E-state index in [2.05, 4.69) is 11.3 Å². The molecule has 1 N–H and O–H groups in total. The zero-order valence-electron chi connectivity index (χ0n) is 10.1. The molecule has 0 radical (unpaired) electrons. The summed E-state index contributed by atoms with van der Waals surface area (Å²) in [6, 6.07) is 4.84. The lowest BCUT2D eigenvalue weighted by Crippen LogP contribution is -2.27. The molecule has 0 aliphatic carbocycles. The zero-order chi connectivity index (χ0) is 13.6. The Morgan fingerprint density at radius 1 is 1.50 bits per heavy atom. The molecule has 0 fully saturated rings. The molecule has 0 atom stereocenters. The first-order chi connectivity index (χ1) is 8.42. The van der Waals surface area contributed by atoms with Gasteiger partial charge >= 0.3 is 0 Å². The van der Waals surface area contributed by atoms with Crippen molar-refractivity contribution < 1.29 is 17.5 Å². The van der Waals surface area contributed by atoms with E-state index < -0.39 is 15.8 Å². The molecule has 4 nitrogen and oxygen atoms in total. The van der Waals surface area contributed by atoms with Gasteiger partial charge in [-0.05, 0) is 25.1 Å². The molecule has 1 rings (SSSR count). The average Bonchev–Trinajstić information content (AvgIpc) is 2.28. The summed E-state index contributed by atoms with van der Waals surface area (Å²) in [5, 5.41) is 0. The van der Waals surface area contributed by atoms with E-state index in [4.69, 9.17) is 4.74 Å². The van der Waals surface area contributed by atoms with Gasteiger partial charge in [0.1, 0.15) is 5.82 Å². The largest absolute Gasteiger partial charge is 0.376 e. The van der Waals surface area contributed by atoms with Gasteiger partial charge in [-0.25, -0.2) is 17.5 Å². The molecular formula is C12H16FNO3S. The van der Waals surface area contributed by atoms with Crippen molar-refractivity contribution in [2.45, 2.75) is 11.8 Å². The maximum absolute atomic E-state index is 12.9. The summed E-state index contributed by atoms with van der Waals surface area (Å²) >= 11 is 0. The van der Waals surface area contributed by atoms with Gasteiger partial charge in [-0.3, -0.25) is 0 Å². The molecule has 0 aliphatic rings. The van der Waals surface area contributed by atoms with Crippen LogP contribution in [0.5, 0.6) is 0 Å². The predicted octanol–water partition coefficient (Wildman–Crippen LogP) is 1.70. The van der Waals surface area contributed by atoms with Gasteiger partial charge in [0, 0.05) is 6.54 Å². The molecule has 0 bridgehead atoms.